The number of aromatic nitrogens is 3. The number of rotatable bonds is 5. The van der Waals surface area contributed by atoms with Crippen LogP contribution in [0.25, 0.3) is 0 Å². The van der Waals surface area contributed by atoms with E-state index in [1.807, 2.05) is 56.6 Å². The van der Waals surface area contributed by atoms with Crippen molar-refractivity contribution < 1.29 is 9.53 Å². The maximum atomic E-state index is 12.4. The van der Waals surface area contributed by atoms with Gasteiger partial charge in [-0.1, -0.05) is 12.1 Å². The van der Waals surface area contributed by atoms with E-state index in [2.05, 4.69) is 10.1 Å². The van der Waals surface area contributed by atoms with E-state index in [-0.39, 0.29) is 12.6 Å². The minimum atomic E-state index is -0.319. The average molecular weight is 355 g/mol. The summed E-state index contributed by atoms with van der Waals surface area (Å²) in [4.78, 5) is 17.7. The third kappa shape index (κ3) is 4.14. The van der Waals surface area contributed by atoms with Gasteiger partial charge in [-0.05, 0) is 51.5 Å². The number of aryl methyl sites for hydroxylation is 4. The Morgan fingerprint density at radius 1 is 1.20 bits per heavy atom. The van der Waals surface area contributed by atoms with Gasteiger partial charge in [0.15, 0.2) is 0 Å². The van der Waals surface area contributed by atoms with E-state index in [4.69, 9.17) is 4.74 Å². The Morgan fingerprint density at radius 2 is 2.00 bits per heavy atom. The largest absolute Gasteiger partial charge is 0.456 e. The van der Waals surface area contributed by atoms with Gasteiger partial charge >= 0.3 is 5.97 Å². The molecule has 1 aromatic carbocycles. The van der Waals surface area contributed by atoms with Gasteiger partial charge < -0.3 is 4.74 Å². The molecule has 0 aliphatic heterocycles. The molecule has 0 aliphatic rings. The first-order chi connectivity index (χ1) is 11.9. The number of ether oxygens (including phenoxy) is 1. The minimum absolute atomic E-state index is 0.262. The molecule has 0 unspecified atom stereocenters. The van der Waals surface area contributed by atoms with Crippen molar-refractivity contribution in [2.45, 2.75) is 40.8 Å². The van der Waals surface area contributed by atoms with Crippen LogP contribution in [-0.2, 0) is 17.9 Å². The number of carbonyl (C=O) groups excluding carboxylic acids is 1. The minimum Gasteiger partial charge on any atom is -0.456 e. The summed E-state index contributed by atoms with van der Waals surface area (Å²) in [5.74, 6) is -0.319. The van der Waals surface area contributed by atoms with Crippen LogP contribution < -0.4 is 0 Å². The van der Waals surface area contributed by atoms with Gasteiger partial charge in [0.25, 0.3) is 0 Å². The fourth-order valence-corrected chi connectivity index (χ4v) is 3.58. The van der Waals surface area contributed by atoms with E-state index in [0.717, 1.165) is 32.5 Å². The second kappa shape index (κ2) is 7.19. The molecule has 0 amide bonds. The number of benzene rings is 1. The molecule has 0 saturated carbocycles. The number of nitrogens with zero attached hydrogens (tertiary/aromatic N) is 3. The average Bonchev–Trinajstić information content (AvgIpc) is 3.05. The zero-order chi connectivity index (χ0) is 18.0. The van der Waals surface area contributed by atoms with Crippen LogP contribution in [0.2, 0.25) is 0 Å². The molecule has 6 heteroatoms. The molecule has 130 valence electrons. The van der Waals surface area contributed by atoms with Gasteiger partial charge in [-0.3, -0.25) is 4.68 Å². The summed E-state index contributed by atoms with van der Waals surface area (Å²) in [7, 11) is 0. The highest BCUT2D eigenvalue weighted by molar-refractivity contribution is 7.11. The standard InChI is InChI=1S/C19H21N3O2S/c1-12-8-13(2)22(21-12)10-16-6-5-7-17(9-16)19(23)24-11-18-14(3)20-15(4)25-18/h5-9H,10-11H2,1-4H3. The molecule has 0 spiro atoms. The quantitative estimate of drug-likeness (QED) is 0.650. The van der Waals surface area contributed by atoms with Gasteiger partial charge in [-0.25, -0.2) is 9.78 Å². The predicted molar refractivity (Wildman–Crippen MR) is 98.0 cm³/mol. The molecule has 0 bridgehead atoms. The number of hydrogen-bond acceptors (Lipinski definition) is 5. The number of hydrogen-bond donors (Lipinski definition) is 0. The Kier molecular flexibility index (Phi) is 4.99. The second-order valence-electron chi connectivity index (χ2n) is 6.10. The topological polar surface area (TPSA) is 57.0 Å². The lowest BCUT2D eigenvalue weighted by atomic mass is 10.1. The zero-order valence-corrected chi connectivity index (χ0v) is 15.7. The summed E-state index contributed by atoms with van der Waals surface area (Å²) in [6.45, 7) is 8.77. The summed E-state index contributed by atoms with van der Waals surface area (Å²) >= 11 is 1.56. The second-order valence-corrected chi connectivity index (χ2v) is 7.39. The SMILES string of the molecule is Cc1cc(C)n(Cc2cccc(C(=O)OCc3sc(C)nc3C)c2)n1. The lowest BCUT2D eigenvalue weighted by molar-refractivity contribution is 0.0476. The zero-order valence-electron chi connectivity index (χ0n) is 14.9. The molecular weight excluding hydrogens is 334 g/mol. The molecule has 0 radical (unpaired) electrons. The van der Waals surface area contributed by atoms with Crippen molar-refractivity contribution in [1.82, 2.24) is 14.8 Å². The fraction of sp³-hybridized carbons (Fsp3) is 0.316. The molecule has 0 fully saturated rings. The number of carbonyl (C=O) groups is 1. The maximum absolute atomic E-state index is 12.4. The molecule has 2 aromatic heterocycles. The Hall–Kier alpha value is -2.47. The van der Waals surface area contributed by atoms with Gasteiger partial charge in [0, 0.05) is 5.69 Å². The van der Waals surface area contributed by atoms with Gasteiger partial charge in [-0.15, -0.1) is 11.3 Å². The molecule has 0 atom stereocenters. The van der Waals surface area contributed by atoms with Crippen LogP contribution in [0.5, 0.6) is 0 Å². The van der Waals surface area contributed by atoms with Crippen molar-refractivity contribution in [1.29, 1.82) is 0 Å². The molecule has 3 rings (SSSR count). The molecule has 5 nitrogen and oxygen atoms in total. The monoisotopic (exact) mass is 355 g/mol. The van der Waals surface area contributed by atoms with E-state index in [0.29, 0.717) is 12.1 Å². The van der Waals surface area contributed by atoms with E-state index >= 15 is 0 Å². The summed E-state index contributed by atoms with van der Waals surface area (Å²) in [5.41, 5.74) is 4.58. The summed E-state index contributed by atoms with van der Waals surface area (Å²) in [6, 6.07) is 9.54. The van der Waals surface area contributed by atoms with Crippen LogP contribution in [0.15, 0.2) is 30.3 Å². The predicted octanol–water partition coefficient (Wildman–Crippen LogP) is 3.98. The molecule has 2 heterocycles. The van der Waals surface area contributed by atoms with Crippen LogP contribution in [0.4, 0.5) is 0 Å². The Labute approximate surface area is 151 Å². The molecule has 0 N–H and O–H groups in total. The summed E-state index contributed by atoms with van der Waals surface area (Å²) in [6.07, 6.45) is 0. The van der Waals surface area contributed by atoms with Crippen molar-refractivity contribution in [3.63, 3.8) is 0 Å². The molecular formula is C19H21N3O2S. The third-order valence-electron chi connectivity index (χ3n) is 3.93. The summed E-state index contributed by atoms with van der Waals surface area (Å²) < 4.78 is 7.38. The molecule has 0 saturated heterocycles. The van der Waals surface area contributed by atoms with Crippen LogP contribution in [0.3, 0.4) is 0 Å². The summed E-state index contributed by atoms with van der Waals surface area (Å²) in [5, 5.41) is 5.44. The van der Waals surface area contributed by atoms with Gasteiger partial charge in [0.1, 0.15) is 6.61 Å². The van der Waals surface area contributed by atoms with E-state index in [1.54, 1.807) is 17.4 Å². The van der Waals surface area contributed by atoms with E-state index < -0.39 is 0 Å². The van der Waals surface area contributed by atoms with Crippen molar-refractivity contribution in [2.75, 3.05) is 0 Å². The van der Waals surface area contributed by atoms with Crippen LogP contribution >= 0.6 is 11.3 Å². The molecule has 25 heavy (non-hydrogen) atoms. The lowest BCUT2D eigenvalue weighted by Crippen LogP contribution is -2.08. The highest BCUT2D eigenvalue weighted by Crippen LogP contribution is 2.19. The molecule has 0 aliphatic carbocycles. The first-order valence-electron chi connectivity index (χ1n) is 8.12. The first kappa shape index (κ1) is 17.4. The first-order valence-corrected chi connectivity index (χ1v) is 8.94. The Bertz CT molecular complexity index is 911. The highest BCUT2D eigenvalue weighted by atomic mass is 32.1. The third-order valence-corrected chi connectivity index (χ3v) is 4.98. The Morgan fingerprint density at radius 3 is 2.64 bits per heavy atom. The van der Waals surface area contributed by atoms with Gasteiger partial charge in [-0.2, -0.15) is 5.10 Å². The highest BCUT2D eigenvalue weighted by Gasteiger charge is 2.12. The van der Waals surface area contributed by atoms with E-state index in [1.165, 1.54) is 0 Å². The lowest BCUT2D eigenvalue weighted by Gasteiger charge is -2.08. The normalized spacial score (nSPS) is 10.9. The maximum Gasteiger partial charge on any atom is 0.338 e. The fourth-order valence-electron chi connectivity index (χ4n) is 2.73. The number of esters is 1. The van der Waals surface area contributed by atoms with Crippen LogP contribution in [0, 0.1) is 27.7 Å². The van der Waals surface area contributed by atoms with Crippen molar-refractivity contribution in [3.05, 3.63) is 68.4 Å². The smallest absolute Gasteiger partial charge is 0.338 e. The van der Waals surface area contributed by atoms with Crippen molar-refractivity contribution >= 4 is 17.3 Å². The Balaban J connectivity index is 1.69. The molecule has 3 aromatic rings. The van der Waals surface area contributed by atoms with Gasteiger partial charge in [0.05, 0.1) is 33.4 Å². The van der Waals surface area contributed by atoms with Crippen LogP contribution in [-0.4, -0.2) is 20.7 Å². The van der Waals surface area contributed by atoms with Gasteiger partial charge in [0.2, 0.25) is 0 Å². The van der Waals surface area contributed by atoms with E-state index in [9.17, 15) is 4.79 Å². The van der Waals surface area contributed by atoms with Crippen LogP contribution in [0.1, 0.15) is 42.9 Å². The van der Waals surface area contributed by atoms with Crippen molar-refractivity contribution in [2.24, 2.45) is 0 Å². The van der Waals surface area contributed by atoms with Crippen molar-refractivity contribution in [3.8, 4) is 0 Å². The number of thiazole rings is 1.